The fourth-order valence-electron chi connectivity index (χ4n) is 6.35. The van der Waals surface area contributed by atoms with Gasteiger partial charge in [-0.2, -0.15) is 0 Å². The van der Waals surface area contributed by atoms with Gasteiger partial charge < -0.3 is 14.6 Å². The summed E-state index contributed by atoms with van der Waals surface area (Å²) in [5.74, 6) is -0.107. The Balaban J connectivity index is 1.15. The van der Waals surface area contributed by atoms with Crippen LogP contribution < -0.4 is 10.1 Å². The lowest BCUT2D eigenvalue weighted by Gasteiger charge is -2.18. The summed E-state index contributed by atoms with van der Waals surface area (Å²) in [5, 5.41) is 13.2. The van der Waals surface area contributed by atoms with Crippen molar-refractivity contribution < 1.29 is 27.7 Å². The first-order valence-corrected chi connectivity index (χ1v) is 19.2. The molecule has 7 rings (SSSR count). The number of rotatable bonds is 13. The number of non-ortho nitro benzene ring substituents is 1. The van der Waals surface area contributed by atoms with Crippen molar-refractivity contribution in [3.8, 4) is 16.9 Å². The van der Waals surface area contributed by atoms with Gasteiger partial charge in [-0.05, 0) is 71.1 Å². The van der Waals surface area contributed by atoms with Crippen LogP contribution in [0.15, 0.2) is 157 Å². The van der Waals surface area contributed by atoms with E-state index in [1.165, 1.54) is 5.56 Å². The van der Waals surface area contributed by atoms with Crippen molar-refractivity contribution >= 4 is 37.6 Å². The van der Waals surface area contributed by atoms with Crippen LogP contribution in [0.2, 0.25) is 0 Å². The second-order valence-electron chi connectivity index (χ2n) is 13.3. The average Bonchev–Trinajstić information content (AvgIpc) is 3.59. The number of carbonyl (C=O) groups is 2. The van der Waals surface area contributed by atoms with E-state index in [0.29, 0.717) is 35.5 Å². The van der Waals surface area contributed by atoms with Gasteiger partial charge in [0.25, 0.3) is 16.7 Å². The number of aromatic nitrogens is 2. The molecule has 0 aliphatic carbocycles. The molecule has 0 saturated heterocycles. The van der Waals surface area contributed by atoms with Crippen LogP contribution in [0.1, 0.15) is 32.6 Å². The minimum absolute atomic E-state index is 0.167. The first-order chi connectivity index (χ1) is 27.0. The van der Waals surface area contributed by atoms with Gasteiger partial charge in [-0.15, -0.1) is 0 Å². The Labute approximate surface area is 323 Å². The molecule has 0 aliphatic heterocycles. The molecule has 0 radical (unpaired) electrons. The molecular formula is C44H36N4O7S. The zero-order valence-corrected chi connectivity index (χ0v) is 31.1. The third kappa shape index (κ3) is 8.40. The first kappa shape index (κ1) is 37.4. The number of hydrogen-bond donors (Lipinski definition) is 1. The molecule has 12 heteroatoms. The second kappa shape index (κ2) is 16.2. The van der Waals surface area contributed by atoms with E-state index in [2.05, 4.69) is 34.6 Å². The highest BCUT2D eigenvalue weighted by Crippen LogP contribution is 2.25. The largest absolute Gasteiger partial charge is 0.489 e. The molecule has 1 amide bonds. The Morgan fingerprint density at radius 3 is 2.09 bits per heavy atom. The molecule has 0 saturated carbocycles. The Morgan fingerprint density at radius 1 is 0.786 bits per heavy atom. The lowest BCUT2D eigenvalue weighted by atomic mass is 10.0. The number of amides is 1. The van der Waals surface area contributed by atoms with E-state index >= 15 is 0 Å². The Morgan fingerprint density at radius 2 is 1.43 bits per heavy atom. The summed E-state index contributed by atoms with van der Waals surface area (Å²) in [7, 11) is -4.70. The monoisotopic (exact) mass is 764 g/mol. The number of nitro benzene ring substituents is 1. The average molecular weight is 765 g/mol. The molecule has 0 spiro atoms. The predicted octanol–water partition coefficient (Wildman–Crippen LogP) is 7.89. The standard InChI is InChI=1S/C44H36N4O7S/c1-30-9-15-34(16-10-30)35-17-11-32(12-18-35)27-47-28-40(39-8-5-25-45-42(39)47)43(49)46-41(44(50)56(53,54)38-23-19-36(20-24-38)48(51)52)26-31-13-21-37(22-14-31)55-29-33-6-3-2-4-7-33/h2-25,28,41H,26-27,29H2,1H3,(H,46,49)/t41-/m0/s1. The number of ether oxygens (including phenoxy) is 1. The summed E-state index contributed by atoms with van der Waals surface area (Å²) in [6.07, 6.45) is 3.10. The van der Waals surface area contributed by atoms with Crippen LogP contribution in [0, 0.1) is 17.0 Å². The van der Waals surface area contributed by atoms with Crippen molar-refractivity contribution in [2.75, 3.05) is 0 Å². The van der Waals surface area contributed by atoms with E-state index in [1.807, 2.05) is 66.1 Å². The number of sulfone groups is 1. The number of nitrogens with zero attached hydrogens (tertiary/aromatic N) is 3. The molecule has 11 nitrogen and oxygen atoms in total. The molecule has 2 heterocycles. The van der Waals surface area contributed by atoms with E-state index < -0.39 is 36.7 Å². The van der Waals surface area contributed by atoms with Gasteiger partial charge in [0.2, 0.25) is 9.84 Å². The van der Waals surface area contributed by atoms with Crippen molar-refractivity contribution in [2.45, 2.75) is 37.4 Å². The zero-order valence-electron chi connectivity index (χ0n) is 30.2. The number of nitrogens with one attached hydrogen (secondary N) is 1. The lowest BCUT2D eigenvalue weighted by molar-refractivity contribution is -0.384. The van der Waals surface area contributed by atoms with Gasteiger partial charge in [0.1, 0.15) is 24.0 Å². The highest BCUT2D eigenvalue weighted by Gasteiger charge is 2.35. The van der Waals surface area contributed by atoms with Gasteiger partial charge in [-0.3, -0.25) is 19.7 Å². The first-order valence-electron chi connectivity index (χ1n) is 17.7. The number of pyridine rings is 1. The number of nitro groups is 1. The van der Waals surface area contributed by atoms with Crippen LogP contribution >= 0.6 is 0 Å². The summed E-state index contributed by atoms with van der Waals surface area (Å²) < 4.78 is 35.1. The summed E-state index contributed by atoms with van der Waals surface area (Å²) in [4.78, 5) is 42.7. The maximum absolute atomic E-state index is 14.1. The quantitative estimate of drug-likeness (QED) is 0.0920. The lowest BCUT2D eigenvalue weighted by Crippen LogP contribution is -2.45. The van der Waals surface area contributed by atoms with Crippen LogP contribution in [0.25, 0.3) is 22.2 Å². The molecule has 56 heavy (non-hydrogen) atoms. The Bertz CT molecular complexity index is 2620. The molecule has 5 aromatic carbocycles. The number of fused-ring (bicyclic) bond motifs is 1. The van der Waals surface area contributed by atoms with Crippen molar-refractivity contribution in [3.05, 3.63) is 190 Å². The molecule has 280 valence electrons. The number of hydrogen-bond acceptors (Lipinski definition) is 8. The van der Waals surface area contributed by atoms with Gasteiger partial charge in [-0.25, -0.2) is 13.4 Å². The van der Waals surface area contributed by atoms with Gasteiger partial charge in [0, 0.05) is 42.9 Å². The highest BCUT2D eigenvalue weighted by atomic mass is 32.2. The van der Waals surface area contributed by atoms with Gasteiger partial charge in [-0.1, -0.05) is 96.6 Å². The SMILES string of the molecule is Cc1ccc(-c2ccc(Cn3cc(C(=O)N[C@@H](Cc4ccc(OCc5ccccc5)cc4)C(=O)S(=O)(=O)c4ccc([N+](=O)[O-])cc4)c4cccnc43)cc2)cc1. The Kier molecular flexibility index (Phi) is 10.8. The van der Waals surface area contributed by atoms with E-state index in [0.717, 1.165) is 46.5 Å². The molecule has 0 bridgehead atoms. The maximum atomic E-state index is 14.1. The topological polar surface area (TPSA) is 150 Å². The van der Waals surface area contributed by atoms with Crippen LogP contribution in [-0.4, -0.2) is 40.0 Å². The smallest absolute Gasteiger partial charge is 0.273 e. The molecule has 0 fully saturated rings. The zero-order chi connectivity index (χ0) is 39.2. The fourth-order valence-corrected chi connectivity index (χ4v) is 7.59. The van der Waals surface area contributed by atoms with Crippen LogP contribution in [0.5, 0.6) is 5.75 Å². The van der Waals surface area contributed by atoms with Crippen molar-refractivity contribution in [1.29, 1.82) is 0 Å². The number of carbonyl (C=O) groups excluding carboxylic acids is 2. The molecule has 0 aliphatic rings. The normalized spacial score (nSPS) is 11.9. The minimum atomic E-state index is -4.70. The van der Waals surface area contributed by atoms with E-state index in [1.54, 1.807) is 48.8 Å². The minimum Gasteiger partial charge on any atom is -0.489 e. The Hall–Kier alpha value is -6.92. The van der Waals surface area contributed by atoms with Gasteiger partial charge in [0.15, 0.2) is 0 Å². The molecule has 0 unspecified atom stereocenters. The fraction of sp³-hybridized carbons (Fsp3) is 0.114. The molecule has 1 N–H and O–H groups in total. The maximum Gasteiger partial charge on any atom is 0.273 e. The predicted molar refractivity (Wildman–Crippen MR) is 213 cm³/mol. The third-order valence-corrected chi connectivity index (χ3v) is 11.1. The second-order valence-corrected chi connectivity index (χ2v) is 15.2. The summed E-state index contributed by atoms with van der Waals surface area (Å²) in [5.41, 5.74) is 6.27. The van der Waals surface area contributed by atoms with Crippen LogP contribution in [-0.2, 0) is 34.2 Å². The molecule has 7 aromatic rings. The highest BCUT2D eigenvalue weighted by molar-refractivity contribution is 8.06. The number of aryl methyl sites for hydroxylation is 1. The summed E-state index contributed by atoms with van der Waals surface area (Å²) >= 11 is 0. The molecular weight excluding hydrogens is 729 g/mol. The summed E-state index contributed by atoms with van der Waals surface area (Å²) in [6, 6.07) is 38.8. The third-order valence-electron chi connectivity index (χ3n) is 9.39. The summed E-state index contributed by atoms with van der Waals surface area (Å²) in [6.45, 7) is 2.78. The van der Waals surface area contributed by atoms with Gasteiger partial charge in [0.05, 0.1) is 15.4 Å². The van der Waals surface area contributed by atoms with E-state index in [9.17, 15) is 28.1 Å². The van der Waals surface area contributed by atoms with Crippen molar-refractivity contribution in [1.82, 2.24) is 14.9 Å². The van der Waals surface area contributed by atoms with E-state index in [4.69, 9.17) is 4.74 Å². The van der Waals surface area contributed by atoms with Gasteiger partial charge >= 0.3 is 0 Å². The number of benzene rings is 5. The van der Waals surface area contributed by atoms with E-state index in [-0.39, 0.29) is 17.7 Å². The molecule has 2 aromatic heterocycles. The van der Waals surface area contributed by atoms with Crippen molar-refractivity contribution in [2.24, 2.45) is 0 Å². The van der Waals surface area contributed by atoms with Crippen LogP contribution in [0.3, 0.4) is 0 Å². The van der Waals surface area contributed by atoms with Crippen molar-refractivity contribution in [3.63, 3.8) is 0 Å². The van der Waals surface area contributed by atoms with Crippen LogP contribution in [0.4, 0.5) is 5.69 Å². The molecule has 1 atom stereocenters.